The highest BCUT2D eigenvalue weighted by Gasteiger charge is 2.27. The molecule has 0 atom stereocenters. The largest absolute Gasteiger partial charge is 0.508 e. The maximum Gasteiger partial charge on any atom is 0.306 e. The summed E-state index contributed by atoms with van der Waals surface area (Å²) in [5, 5.41) is 19.1. The highest BCUT2D eigenvalue weighted by molar-refractivity contribution is 5.71. The van der Waals surface area contributed by atoms with Gasteiger partial charge in [0.15, 0.2) is 0 Å². The predicted octanol–water partition coefficient (Wildman–Crippen LogP) is 1.94. The predicted molar refractivity (Wildman–Crippen MR) is 59.4 cm³/mol. The van der Waals surface area contributed by atoms with Crippen molar-refractivity contribution in [3.63, 3.8) is 0 Å². The Hall–Kier alpha value is -1.71. The van der Waals surface area contributed by atoms with Gasteiger partial charge in [-0.05, 0) is 18.2 Å². The number of ether oxygens (including phenoxy) is 1. The molecule has 0 heterocycles. The minimum absolute atomic E-state index is 0.0609. The van der Waals surface area contributed by atoms with Gasteiger partial charge < -0.3 is 14.9 Å². The van der Waals surface area contributed by atoms with E-state index in [1.165, 1.54) is 25.3 Å². The van der Waals surface area contributed by atoms with Crippen LogP contribution in [0, 0.1) is 0 Å². The van der Waals surface area contributed by atoms with Crippen LogP contribution in [0.2, 0.25) is 0 Å². The van der Waals surface area contributed by atoms with Crippen LogP contribution >= 0.6 is 0 Å². The molecule has 1 aromatic carbocycles. The molecule has 0 radical (unpaired) electrons. The second kappa shape index (κ2) is 4.43. The molecule has 0 aromatic heterocycles. The topological polar surface area (TPSA) is 66.8 Å². The minimum Gasteiger partial charge on any atom is -0.508 e. The van der Waals surface area contributed by atoms with Gasteiger partial charge in [0.05, 0.1) is 13.5 Å². The Kier molecular flexibility index (Phi) is 3.42. The van der Waals surface area contributed by atoms with Crippen LogP contribution < -0.4 is 0 Å². The standard InChI is InChI=1S/C12H16O4/c1-12(2,7-11(15)16-3)9-6-8(13)4-5-10(9)14/h4-6,13-14H,7H2,1-3H3. The lowest BCUT2D eigenvalue weighted by atomic mass is 9.81. The second-order valence-electron chi connectivity index (χ2n) is 4.34. The van der Waals surface area contributed by atoms with E-state index >= 15 is 0 Å². The zero-order valence-electron chi connectivity index (χ0n) is 9.65. The van der Waals surface area contributed by atoms with Crippen molar-refractivity contribution < 1.29 is 19.7 Å². The Morgan fingerprint density at radius 2 is 2.00 bits per heavy atom. The van der Waals surface area contributed by atoms with E-state index in [4.69, 9.17) is 0 Å². The SMILES string of the molecule is COC(=O)CC(C)(C)c1cc(O)ccc1O. The highest BCUT2D eigenvalue weighted by Crippen LogP contribution is 2.35. The number of aromatic hydroxyl groups is 2. The number of rotatable bonds is 3. The summed E-state index contributed by atoms with van der Waals surface area (Å²) in [6, 6.07) is 4.26. The molecule has 0 spiro atoms. The van der Waals surface area contributed by atoms with Gasteiger partial charge in [0.25, 0.3) is 0 Å². The van der Waals surface area contributed by atoms with Gasteiger partial charge in [0.1, 0.15) is 11.5 Å². The first-order chi connectivity index (χ1) is 7.36. The van der Waals surface area contributed by atoms with Crippen molar-refractivity contribution in [2.45, 2.75) is 25.7 Å². The molecule has 16 heavy (non-hydrogen) atoms. The number of phenolic OH excluding ortho intramolecular Hbond substituents is 2. The molecule has 0 fully saturated rings. The first-order valence-corrected chi connectivity index (χ1v) is 4.96. The van der Waals surface area contributed by atoms with E-state index in [1.807, 2.05) is 0 Å². The van der Waals surface area contributed by atoms with Crippen molar-refractivity contribution in [3.8, 4) is 11.5 Å². The third-order valence-corrected chi connectivity index (χ3v) is 2.52. The second-order valence-corrected chi connectivity index (χ2v) is 4.34. The summed E-state index contributed by atoms with van der Waals surface area (Å²) in [5.41, 5.74) is -0.0616. The van der Waals surface area contributed by atoms with Gasteiger partial charge in [-0.1, -0.05) is 13.8 Å². The van der Waals surface area contributed by atoms with Crippen LogP contribution in [0.25, 0.3) is 0 Å². The van der Waals surface area contributed by atoms with Crippen LogP contribution in [0.1, 0.15) is 25.8 Å². The molecule has 4 nitrogen and oxygen atoms in total. The van der Waals surface area contributed by atoms with Crippen molar-refractivity contribution in [2.24, 2.45) is 0 Å². The number of esters is 1. The molecule has 0 unspecified atom stereocenters. The van der Waals surface area contributed by atoms with Crippen LogP contribution in [0.3, 0.4) is 0 Å². The van der Waals surface area contributed by atoms with E-state index in [0.29, 0.717) is 5.56 Å². The summed E-state index contributed by atoms with van der Waals surface area (Å²) >= 11 is 0. The molecular weight excluding hydrogens is 208 g/mol. The quantitative estimate of drug-likeness (QED) is 0.608. The Balaban J connectivity index is 3.05. The summed E-state index contributed by atoms with van der Waals surface area (Å²) in [6.07, 6.45) is 0.139. The van der Waals surface area contributed by atoms with Crippen molar-refractivity contribution in [2.75, 3.05) is 7.11 Å². The lowest BCUT2D eigenvalue weighted by Gasteiger charge is -2.24. The molecule has 1 rings (SSSR count). The average molecular weight is 224 g/mol. The smallest absolute Gasteiger partial charge is 0.306 e. The molecule has 0 aliphatic carbocycles. The number of hydrogen-bond acceptors (Lipinski definition) is 4. The first kappa shape index (κ1) is 12.4. The van der Waals surface area contributed by atoms with Crippen molar-refractivity contribution >= 4 is 5.97 Å². The number of carbonyl (C=O) groups is 1. The summed E-state index contributed by atoms with van der Waals surface area (Å²) in [5.74, 6) is -0.231. The van der Waals surface area contributed by atoms with Crippen molar-refractivity contribution in [1.82, 2.24) is 0 Å². The zero-order valence-corrected chi connectivity index (χ0v) is 9.65. The summed E-state index contributed by atoms with van der Waals surface area (Å²) in [6.45, 7) is 3.61. The zero-order chi connectivity index (χ0) is 12.3. The average Bonchev–Trinajstić information content (AvgIpc) is 2.20. The van der Waals surface area contributed by atoms with Gasteiger partial charge in [-0.15, -0.1) is 0 Å². The van der Waals surface area contributed by atoms with E-state index in [2.05, 4.69) is 4.74 Å². The van der Waals surface area contributed by atoms with Gasteiger partial charge in [-0.3, -0.25) is 4.79 Å². The molecule has 88 valence electrons. The molecular formula is C12H16O4. The Morgan fingerprint density at radius 1 is 1.38 bits per heavy atom. The third-order valence-electron chi connectivity index (χ3n) is 2.52. The van der Waals surface area contributed by atoms with E-state index in [-0.39, 0.29) is 23.9 Å². The monoisotopic (exact) mass is 224 g/mol. The van der Waals surface area contributed by atoms with Crippen molar-refractivity contribution in [1.29, 1.82) is 0 Å². The molecule has 0 aliphatic rings. The highest BCUT2D eigenvalue weighted by atomic mass is 16.5. The summed E-state index contributed by atoms with van der Waals surface area (Å²) in [7, 11) is 1.32. The fourth-order valence-corrected chi connectivity index (χ4v) is 1.59. The summed E-state index contributed by atoms with van der Waals surface area (Å²) in [4.78, 5) is 11.2. The Morgan fingerprint density at radius 3 is 2.56 bits per heavy atom. The van der Waals surface area contributed by atoms with Crippen LogP contribution in [0.5, 0.6) is 11.5 Å². The molecule has 1 aromatic rings. The van der Waals surface area contributed by atoms with E-state index < -0.39 is 5.41 Å². The number of benzene rings is 1. The third kappa shape index (κ3) is 2.66. The molecule has 0 amide bonds. The first-order valence-electron chi connectivity index (χ1n) is 4.96. The molecule has 2 N–H and O–H groups in total. The minimum atomic E-state index is -0.587. The molecule has 0 saturated heterocycles. The van der Waals surface area contributed by atoms with Crippen LogP contribution in [-0.2, 0) is 14.9 Å². The maximum absolute atomic E-state index is 11.2. The van der Waals surface area contributed by atoms with E-state index in [1.54, 1.807) is 13.8 Å². The lowest BCUT2D eigenvalue weighted by molar-refractivity contribution is -0.141. The van der Waals surface area contributed by atoms with E-state index in [9.17, 15) is 15.0 Å². The molecule has 0 aliphatic heterocycles. The van der Waals surface area contributed by atoms with Crippen LogP contribution in [-0.4, -0.2) is 23.3 Å². The Labute approximate surface area is 94.5 Å². The maximum atomic E-state index is 11.2. The number of hydrogen-bond donors (Lipinski definition) is 2. The van der Waals surface area contributed by atoms with Gasteiger partial charge in [-0.25, -0.2) is 0 Å². The van der Waals surface area contributed by atoms with Gasteiger partial charge >= 0.3 is 5.97 Å². The lowest BCUT2D eigenvalue weighted by Crippen LogP contribution is -2.22. The fourth-order valence-electron chi connectivity index (χ4n) is 1.59. The number of carbonyl (C=O) groups excluding carboxylic acids is 1. The Bertz CT molecular complexity index is 396. The van der Waals surface area contributed by atoms with E-state index in [0.717, 1.165) is 0 Å². The van der Waals surface area contributed by atoms with Crippen LogP contribution in [0.15, 0.2) is 18.2 Å². The molecule has 4 heteroatoms. The molecule has 0 bridgehead atoms. The van der Waals surface area contributed by atoms with Gasteiger partial charge in [0.2, 0.25) is 0 Å². The summed E-state index contributed by atoms with van der Waals surface area (Å²) < 4.78 is 4.59. The van der Waals surface area contributed by atoms with Gasteiger partial charge in [-0.2, -0.15) is 0 Å². The number of methoxy groups -OCH3 is 1. The van der Waals surface area contributed by atoms with Crippen molar-refractivity contribution in [3.05, 3.63) is 23.8 Å². The fraction of sp³-hybridized carbons (Fsp3) is 0.417. The number of phenols is 2. The molecule has 0 saturated carbocycles. The normalized spacial score (nSPS) is 11.2. The van der Waals surface area contributed by atoms with Crippen LogP contribution in [0.4, 0.5) is 0 Å². The van der Waals surface area contributed by atoms with Gasteiger partial charge in [0, 0.05) is 11.0 Å².